The molecule has 5 nitrogen and oxygen atoms in total. The summed E-state index contributed by atoms with van der Waals surface area (Å²) in [6, 6.07) is 1.75. The van der Waals surface area contributed by atoms with Gasteiger partial charge in [-0.1, -0.05) is 12.1 Å². The third kappa shape index (κ3) is 1.44. The minimum absolute atomic E-state index is 0.446. The molecule has 5 heteroatoms. The topological polar surface area (TPSA) is 77.8 Å². The molecule has 0 aliphatic heterocycles. The van der Waals surface area contributed by atoms with Crippen molar-refractivity contribution in [1.29, 1.82) is 0 Å². The smallest absolute Gasteiger partial charge is 0.260 e. The number of aromatic nitrogens is 3. The van der Waals surface area contributed by atoms with Crippen LogP contribution in [0.2, 0.25) is 0 Å². The van der Waals surface area contributed by atoms with Crippen LogP contribution in [0.15, 0.2) is 23.0 Å². The van der Waals surface area contributed by atoms with Crippen molar-refractivity contribution in [3.63, 3.8) is 0 Å². The van der Waals surface area contributed by atoms with E-state index in [2.05, 4.69) is 15.1 Å². The SMILES string of the molecule is CCc1noc(-c2ccncc2N)n1. The van der Waals surface area contributed by atoms with Crippen molar-refractivity contribution >= 4 is 5.69 Å². The molecule has 0 spiro atoms. The number of aryl methyl sites for hydroxylation is 1. The molecular weight excluding hydrogens is 180 g/mol. The molecule has 2 aromatic heterocycles. The number of pyridine rings is 1. The maximum absolute atomic E-state index is 5.71. The highest BCUT2D eigenvalue weighted by Crippen LogP contribution is 2.22. The zero-order valence-corrected chi connectivity index (χ0v) is 7.77. The van der Waals surface area contributed by atoms with Crippen LogP contribution in [-0.4, -0.2) is 15.1 Å². The van der Waals surface area contributed by atoms with Gasteiger partial charge < -0.3 is 10.3 Å². The van der Waals surface area contributed by atoms with Crippen LogP contribution in [0.1, 0.15) is 12.7 Å². The molecule has 2 rings (SSSR count). The molecule has 0 saturated heterocycles. The highest BCUT2D eigenvalue weighted by atomic mass is 16.5. The van der Waals surface area contributed by atoms with Gasteiger partial charge in [0.25, 0.3) is 5.89 Å². The summed E-state index contributed by atoms with van der Waals surface area (Å²) in [6.45, 7) is 1.96. The Morgan fingerprint density at radius 3 is 3.00 bits per heavy atom. The normalized spacial score (nSPS) is 10.4. The van der Waals surface area contributed by atoms with Crippen LogP contribution < -0.4 is 5.73 Å². The van der Waals surface area contributed by atoms with E-state index in [0.717, 1.165) is 12.0 Å². The van der Waals surface area contributed by atoms with E-state index in [-0.39, 0.29) is 0 Å². The molecule has 72 valence electrons. The highest BCUT2D eigenvalue weighted by molar-refractivity contribution is 5.68. The minimum atomic E-state index is 0.446. The van der Waals surface area contributed by atoms with Crippen LogP contribution in [0.3, 0.4) is 0 Å². The first-order valence-corrected chi connectivity index (χ1v) is 4.33. The van der Waals surface area contributed by atoms with Crippen molar-refractivity contribution in [2.45, 2.75) is 13.3 Å². The second kappa shape index (κ2) is 3.45. The summed E-state index contributed by atoms with van der Waals surface area (Å²) in [5.41, 5.74) is 6.98. The van der Waals surface area contributed by atoms with E-state index in [1.165, 1.54) is 0 Å². The van der Waals surface area contributed by atoms with Crippen molar-refractivity contribution < 1.29 is 4.52 Å². The Labute approximate surface area is 81.0 Å². The van der Waals surface area contributed by atoms with Gasteiger partial charge in [-0.3, -0.25) is 4.98 Å². The van der Waals surface area contributed by atoms with Crippen LogP contribution in [0, 0.1) is 0 Å². The first-order valence-electron chi connectivity index (χ1n) is 4.33. The fourth-order valence-corrected chi connectivity index (χ4v) is 1.11. The molecule has 0 aliphatic carbocycles. The summed E-state index contributed by atoms with van der Waals surface area (Å²) >= 11 is 0. The van der Waals surface area contributed by atoms with E-state index in [9.17, 15) is 0 Å². The summed E-state index contributed by atoms with van der Waals surface area (Å²) in [4.78, 5) is 8.06. The number of nitrogens with two attached hydrogens (primary N) is 1. The fourth-order valence-electron chi connectivity index (χ4n) is 1.11. The van der Waals surface area contributed by atoms with Crippen molar-refractivity contribution in [3.05, 3.63) is 24.3 Å². The second-order valence-electron chi connectivity index (χ2n) is 2.83. The third-order valence-electron chi connectivity index (χ3n) is 1.87. The summed E-state index contributed by atoms with van der Waals surface area (Å²) in [5, 5.41) is 3.79. The first-order chi connectivity index (χ1) is 6.81. The summed E-state index contributed by atoms with van der Waals surface area (Å²) < 4.78 is 5.05. The molecule has 0 radical (unpaired) electrons. The van der Waals surface area contributed by atoms with Gasteiger partial charge in [0.15, 0.2) is 5.82 Å². The number of hydrogen-bond donors (Lipinski definition) is 1. The van der Waals surface area contributed by atoms with Crippen LogP contribution in [0.5, 0.6) is 0 Å². The van der Waals surface area contributed by atoms with Crippen LogP contribution in [0.25, 0.3) is 11.5 Å². The van der Waals surface area contributed by atoms with E-state index in [1.54, 1.807) is 18.5 Å². The average molecular weight is 190 g/mol. The van der Waals surface area contributed by atoms with Gasteiger partial charge in [0.05, 0.1) is 17.4 Å². The number of rotatable bonds is 2. The number of nitrogen functional groups attached to an aromatic ring is 1. The number of hydrogen-bond acceptors (Lipinski definition) is 5. The molecule has 0 aromatic carbocycles. The number of anilines is 1. The molecule has 2 aromatic rings. The molecule has 0 unspecified atom stereocenters. The van der Waals surface area contributed by atoms with Crippen molar-refractivity contribution in [3.8, 4) is 11.5 Å². The Morgan fingerprint density at radius 2 is 2.36 bits per heavy atom. The zero-order chi connectivity index (χ0) is 9.97. The van der Waals surface area contributed by atoms with Crippen LogP contribution in [0.4, 0.5) is 5.69 Å². The molecule has 2 N–H and O–H groups in total. The monoisotopic (exact) mass is 190 g/mol. The highest BCUT2D eigenvalue weighted by Gasteiger charge is 2.09. The summed E-state index contributed by atoms with van der Waals surface area (Å²) in [7, 11) is 0. The maximum Gasteiger partial charge on any atom is 0.260 e. The Kier molecular flexibility index (Phi) is 2.14. The largest absolute Gasteiger partial charge is 0.397 e. The molecule has 14 heavy (non-hydrogen) atoms. The lowest BCUT2D eigenvalue weighted by atomic mass is 10.2. The molecule has 0 fully saturated rings. The fraction of sp³-hybridized carbons (Fsp3) is 0.222. The molecule has 0 aliphatic rings. The van der Waals surface area contributed by atoms with Crippen molar-refractivity contribution in [1.82, 2.24) is 15.1 Å². The van der Waals surface area contributed by atoms with Crippen molar-refractivity contribution in [2.75, 3.05) is 5.73 Å². The van der Waals surface area contributed by atoms with Gasteiger partial charge in [-0.2, -0.15) is 4.98 Å². The van der Waals surface area contributed by atoms with E-state index in [0.29, 0.717) is 17.4 Å². The second-order valence-corrected chi connectivity index (χ2v) is 2.83. The molecular formula is C9H10N4O. The minimum Gasteiger partial charge on any atom is -0.397 e. The lowest BCUT2D eigenvalue weighted by Gasteiger charge is -1.96. The Morgan fingerprint density at radius 1 is 1.50 bits per heavy atom. The molecule has 0 saturated carbocycles. The maximum atomic E-state index is 5.71. The van der Waals surface area contributed by atoms with E-state index < -0.39 is 0 Å². The predicted octanol–water partition coefficient (Wildman–Crippen LogP) is 1.28. The van der Waals surface area contributed by atoms with Crippen molar-refractivity contribution in [2.24, 2.45) is 0 Å². The first kappa shape index (κ1) is 8.68. The molecule has 2 heterocycles. The lowest BCUT2D eigenvalue weighted by molar-refractivity contribution is 0.423. The molecule has 0 amide bonds. The third-order valence-corrected chi connectivity index (χ3v) is 1.87. The Bertz CT molecular complexity index is 438. The number of nitrogens with zero attached hydrogens (tertiary/aromatic N) is 3. The Hall–Kier alpha value is -1.91. The van der Waals surface area contributed by atoms with Gasteiger partial charge in [0, 0.05) is 12.6 Å². The summed E-state index contributed by atoms with van der Waals surface area (Å²) in [5.74, 6) is 1.12. The predicted molar refractivity (Wildman–Crippen MR) is 51.3 cm³/mol. The van der Waals surface area contributed by atoms with E-state index in [1.807, 2.05) is 6.92 Å². The van der Waals surface area contributed by atoms with Crippen LogP contribution >= 0.6 is 0 Å². The van der Waals surface area contributed by atoms with E-state index in [4.69, 9.17) is 10.3 Å². The molecule has 0 bridgehead atoms. The molecule has 0 atom stereocenters. The quantitative estimate of drug-likeness (QED) is 0.771. The van der Waals surface area contributed by atoms with Crippen LogP contribution in [-0.2, 0) is 6.42 Å². The zero-order valence-electron chi connectivity index (χ0n) is 7.77. The van der Waals surface area contributed by atoms with Gasteiger partial charge in [-0.25, -0.2) is 0 Å². The average Bonchev–Trinajstić information content (AvgIpc) is 2.67. The van der Waals surface area contributed by atoms with Gasteiger partial charge in [-0.15, -0.1) is 0 Å². The Balaban J connectivity index is 2.44. The van der Waals surface area contributed by atoms with Gasteiger partial charge in [-0.05, 0) is 6.07 Å². The van der Waals surface area contributed by atoms with E-state index >= 15 is 0 Å². The summed E-state index contributed by atoms with van der Waals surface area (Å²) in [6.07, 6.45) is 3.95. The van der Waals surface area contributed by atoms with Gasteiger partial charge >= 0.3 is 0 Å². The standard InChI is InChI=1S/C9H10N4O/c1-2-8-12-9(14-13-8)6-3-4-11-5-7(6)10/h3-5H,2,10H2,1H3. The van der Waals surface area contributed by atoms with Gasteiger partial charge in [0.2, 0.25) is 0 Å². The van der Waals surface area contributed by atoms with Gasteiger partial charge in [0.1, 0.15) is 0 Å². The lowest BCUT2D eigenvalue weighted by Crippen LogP contribution is -1.91.